The van der Waals surface area contributed by atoms with Gasteiger partial charge in [0.15, 0.2) is 0 Å². The molecule has 0 bridgehead atoms. The zero-order chi connectivity index (χ0) is 11.6. The molecule has 4 nitrogen and oxygen atoms in total. The quantitative estimate of drug-likeness (QED) is 0.854. The average molecular weight is 307 g/mol. The van der Waals surface area contributed by atoms with Crippen LogP contribution < -0.4 is 5.32 Å². The number of aromatic nitrogens is 2. The third-order valence-electron chi connectivity index (χ3n) is 2.76. The third-order valence-corrected chi connectivity index (χ3v) is 4.03. The van der Waals surface area contributed by atoms with Gasteiger partial charge in [0.05, 0.1) is 4.47 Å². The topological polar surface area (TPSA) is 47.0 Å². The molecule has 1 aromatic heterocycles. The largest absolute Gasteiger partial charge is 0.381 e. The minimum absolute atomic E-state index is 0.0124. The molecular formula is C10H13BrClN3O. The van der Waals surface area contributed by atoms with Crippen molar-refractivity contribution in [1.29, 1.82) is 0 Å². The Morgan fingerprint density at radius 3 is 2.81 bits per heavy atom. The number of anilines is 1. The first-order valence-corrected chi connectivity index (χ1v) is 6.30. The van der Waals surface area contributed by atoms with Gasteiger partial charge < -0.3 is 10.1 Å². The average Bonchev–Trinajstić information content (AvgIpc) is 2.26. The van der Waals surface area contributed by atoms with Gasteiger partial charge in [0.2, 0.25) is 0 Å². The van der Waals surface area contributed by atoms with Gasteiger partial charge in [0.1, 0.15) is 17.3 Å². The number of nitrogens with zero attached hydrogens (tertiary/aromatic N) is 2. The second-order valence-electron chi connectivity index (χ2n) is 4.13. The molecule has 0 radical (unpaired) electrons. The van der Waals surface area contributed by atoms with Gasteiger partial charge in [-0.25, -0.2) is 9.97 Å². The number of ether oxygens (including phenoxy) is 1. The fourth-order valence-corrected chi connectivity index (χ4v) is 2.11. The predicted molar refractivity (Wildman–Crippen MR) is 66.8 cm³/mol. The van der Waals surface area contributed by atoms with Gasteiger partial charge in [-0.15, -0.1) is 0 Å². The summed E-state index contributed by atoms with van der Waals surface area (Å²) in [4.78, 5) is 8.08. The van der Waals surface area contributed by atoms with Gasteiger partial charge in [-0.2, -0.15) is 0 Å². The van der Waals surface area contributed by atoms with Crippen LogP contribution in [0.25, 0.3) is 0 Å². The Kier molecular flexibility index (Phi) is 3.66. The molecule has 16 heavy (non-hydrogen) atoms. The van der Waals surface area contributed by atoms with E-state index < -0.39 is 0 Å². The van der Waals surface area contributed by atoms with E-state index >= 15 is 0 Å². The van der Waals surface area contributed by atoms with Crippen LogP contribution >= 0.6 is 27.5 Å². The Bertz CT molecular complexity index is 382. The Balaban J connectivity index is 2.16. The highest BCUT2D eigenvalue weighted by atomic mass is 79.9. The summed E-state index contributed by atoms with van der Waals surface area (Å²) in [6.07, 6.45) is 3.38. The smallest absolute Gasteiger partial charge is 0.148 e. The predicted octanol–water partition coefficient (Wildman–Crippen LogP) is 2.87. The minimum Gasteiger partial charge on any atom is -0.381 e. The first kappa shape index (κ1) is 12.1. The van der Waals surface area contributed by atoms with Crippen molar-refractivity contribution in [1.82, 2.24) is 9.97 Å². The monoisotopic (exact) mass is 305 g/mol. The maximum atomic E-state index is 5.91. The van der Waals surface area contributed by atoms with Crippen LogP contribution in [0.15, 0.2) is 10.8 Å². The maximum absolute atomic E-state index is 5.91. The number of nitrogens with one attached hydrogen (secondary N) is 1. The molecule has 2 rings (SSSR count). The normalized spacial score (nSPS) is 19.4. The summed E-state index contributed by atoms with van der Waals surface area (Å²) in [6.45, 7) is 3.72. The van der Waals surface area contributed by atoms with Crippen LogP contribution in [0.4, 0.5) is 5.82 Å². The summed E-state index contributed by atoms with van der Waals surface area (Å²) in [5.74, 6) is 0.740. The zero-order valence-electron chi connectivity index (χ0n) is 8.96. The van der Waals surface area contributed by atoms with Gasteiger partial charge in [-0.3, -0.25) is 0 Å². The summed E-state index contributed by atoms with van der Waals surface area (Å²) in [5, 5.41) is 3.83. The highest BCUT2D eigenvalue weighted by Crippen LogP contribution is 2.31. The van der Waals surface area contributed by atoms with Crippen LogP contribution in [0.1, 0.15) is 19.8 Å². The lowest BCUT2D eigenvalue weighted by Gasteiger charge is -2.35. The highest BCUT2D eigenvalue weighted by molar-refractivity contribution is 9.10. The Labute approximate surface area is 108 Å². The standard InChI is InChI=1S/C10H13BrClN3O/c1-10(2-4-16-5-3-10)15-9-7(11)8(12)13-6-14-9/h6H,2-5H2,1H3,(H,13,14,15). The molecule has 88 valence electrons. The van der Waals surface area contributed by atoms with E-state index in [1.54, 1.807) is 0 Å². The molecular weight excluding hydrogens is 293 g/mol. The molecule has 1 saturated heterocycles. The van der Waals surface area contributed by atoms with E-state index in [0.29, 0.717) is 9.63 Å². The molecule has 1 aliphatic heterocycles. The number of hydrogen-bond acceptors (Lipinski definition) is 4. The van der Waals surface area contributed by atoms with Crippen LogP contribution in [0.5, 0.6) is 0 Å². The maximum Gasteiger partial charge on any atom is 0.148 e. The number of rotatable bonds is 2. The van der Waals surface area contributed by atoms with Gasteiger partial charge in [0.25, 0.3) is 0 Å². The van der Waals surface area contributed by atoms with E-state index in [4.69, 9.17) is 16.3 Å². The second-order valence-corrected chi connectivity index (χ2v) is 5.28. The molecule has 2 heterocycles. The van der Waals surface area contributed by atoms with Gasteiger partial charge in [0, 0.05) is 18.8 Å². The second kappa shape index (κ2) is 4.85. The summed E-state index contributed by atoms with van der Waals surface area (Å²) >= 11 is 9.29. The van der Waals surface area contributed by atoms with E-state index in [1.165, 1.54) is 6.33 Å². The Morgan fingerprint density at radius 2 is 2.12 bits per heavy atom. The highest BCUT2D eigenvalue weighted by Gasteiger charge is 2.28. The van der Waals surface area contributed by atoms with Gasteiger partial charge in [-0.1, -0.05) is 11.6 Å². The number of hydrogen-bond donors (Lipinski definition) is 1. The van der Waals surface area contributed by atoms with Crippen molar-refractivity contribution < 1.29 is 4.74 Å². The fourth-order valence-electron chi connectivity index (χ4n) is 1.67. The molecule has 0 atom stereocenters. The lowest BCUT2D eigenvalue weighted by molar-refractivity contribution is 0.0657. The van der Waals surface area contributed by atoms with Crippen LogP contribution in [-0.2, 0) is 4.74 Å². The molecule has 0 spiro atoms. The van der Waals surface area contributed by atoms with Crippen LogP contribution in [-0.4, -0.2) is 28.7 Å². The van der Waals surface area contributed by atoms with Crippen LogP contribution in [0.3, 0.4) is 0 Å². The van der Waals surface area contributed by atoms with E-state index in [-0.39, 0.29) is 5.54 Å². The van der Waals surface area contributed by atoms with Crippen LogP contribution in [0, 0.1) is 0 Å². The molecule has 0 unspecified atom stereocenters. The first-order valence-electron chi connectivity index (χ1n) is 5.13. The lowest BCUT2D eigenvalue weighted by atomic mass is 9.92. The van der Waals surface area contributed by atoms with Crippen LogP contribution in [0.2, 0.25) is 5.15 Å². The van der Waals surface area contributed by atoms with Crippen molar-refractivity contribution >= 4 is 33.3 Å². The van der Waals surface area contributed by atoms with E-state index in [0.717, 1.165) is 31.9 Å². The molecule has 0 aliphatic carbocycles. The number of halogens is 2. The van der Waals surface area contributed by atoms with Gasteiger partial charge in [-0.05, 0) is 35.7 Å². The molecule has 6 heteroatoms. The van der Waals surface area contributed by atoms with Crippen molar-refractivity contribution in [3.63, 3.8) is 0 Å². The summed E-state index contributed by atoms with van der Waals surface area (Å²) in [7, 11) is 0. The minimum atomic E-state index is 0.0124. The Morgan fingerprint density at radius 1 is 1.44 bits per heavy atom. The van der Waals surface area contributed by atoms with Crippen molar-refractivity contribution in [2.24, 2.45) is 0 Å². The molecule has 1 fully saturated rings. The zero-order valence-corrected chi connectivity index (χ0v) is 11.3. The Hall–Kier alpha value is -0.390. The van der Waals surface area contributed by atoms with Gasteiger partial charge >= 0.3 is 0 Å². The van der Waals surface area contributed by atoms with Crippen molar-refractivity contribution in [2.45, 2.75) is 25.3 Å². The third kappa shape index (κ3) is 2.64. The van der Waals surface area contributed by atoms with E-state index in [2.05, 4.69) is 38.1 Å². The molecule has 0 amide bonds. The molecule has 1 aliphatic rings. The van der Waals surface area contributed by atoms with Crippen molar-refractivity contribution in [2.75, 3.05) is 18.5 Å². The van der Waals surface area contributed by atoms with E-state index in [1.807, 2.05) is 0 Å². The lowest BCUT2D eigenvalue weighted by Crippen LogP contribution is -2.41. The summed E-state index contributed by atoms with van der Waals surface area (Å²) in [5.41, 5.74) is 0.0124. The summed E-state index contributed by atoms with van der Waals surface area (Å²) in [6, 6.07) is 0. The fraction of sp³-hybridized carbons (Fsp3) is 0.600. The summed E-state index contributed by atoms with van der Waals surface area (Å²) < 4.78 is 6.06. The molecule has 1 N–H and O–H groups in total. The molecule has 0 aromatic carbocycles. The van der Waals surface area contributed by atoms with E-state index in [9.17, 15) is 0 Å². The molecule has 0 saturated carbocycles. The SMILES string of the molecule is CC1(Nc2ncnc(Cl)c2Br)CCOCC1. The first-order chi connectivity index (χ1) is 7.61. The van der Waals surface area contributed by atoms with Crippen molar-refractivity contribution in [3.8, 4) is 0 Å². The van der Waals surface area contributed by atoms with Crippen molar-refractivity contribution in [3.05, 3.63) is 16.0 Å². The molecule has 1 aromatic rings.